The summed E-state index contributed by atoms with van der Waals surface area (Å²) in [5.74, 6) is -0.398. The number of rotatable bonds is 4. The summed E-state index contributed by atoms with van der Waals surface area (Å²) in [6, 6.07) is 7.39. The van der Waals surface area contributed by atoms with E-state index in [2.05, 4.69) is 0 Å². The number of nitrogens with zero attached hydrogens (tertiary/aromatic N) is 1. The number of benzene rings is 1. The fraction of sp³-hybridized carbons (Fsp3) is 0.533. The minimum atomic E-state index is -0.531. The van der Waals surface area contributed by atoms with Crippen molar-refractivity contribution in [2.45, 2.75) is 25.0 Å². The topological polar surface area (TPSA) is 38.8 Å². The van der Waals surface area contributed by atoms with Crippen molar-refractivity contribution in [3.8, 4) is 0 Å². The molecule has 0 saturated carbocycles. The largest absolute Gasteiger partial charge is 0.353 e. The van der Waals surface area contributed by atoms with E-state index in [1.807, 2.05) is 17.0 Å². The first kappa shape index (κ1) is 15.3. The molecule has 0 bridgehead atoms. The molecule has 1 aliphatic rings. The molecule has 0 unspecified atom stereocenters. The Morgan fingerprint density at radius 3 is 2.25 bits per heavy atom. The van der Waals surface area contributed by atoms with Crippen LogP contribution in [-0.4, -0.2) is 43.9 Å². The number of hydrogen-bond acceptors (Lipinski definition) is 3. The Morgan fingerprint density at radius 2 is 1.75 bits per heavy atom. The molecule has 5 heteroatoms. The number of ether oxygens (including phenoxy) is 2. The molecule has 1 aromatic rings. The summed E-state index contributed by atoms with van der Waals surface area (Å²) in [7, 11) is 3.30. The van der Waals surface area contributed by atoms with Gasteiger partial charge in [-0.2, -0.15) is 0 Å². The van der Waals surface area contributed by atoms with E-state index in [9.17, 15) is 4.79 Å². The van der Waals surface area contributed by atoms with Crippen molar-refractivity contribution in [2.75, 3.05) is 27.3 Å². The highest BCUT2D eigenvalue weighted by atomic mass is 35.5. The van der Waals surface area contributed by atoms with Crippen LogP contribution in [0.15, 0.2) is 24.3 Å². The number of amides is 1. The summed E-state index contributed by atoms with van der Waals surface area (Å²) in [4.78, 5) is 14.1. The lowest BCUT2D eigenvalue weighted by Gasteiger charge is -2.39. The van der Waals surface area contributed by atoms with Gasteiger partial charge in [0.2, 0.25) is 5.91 Å². The first-order chi connectivity index (χ1) is 9.58. The molecule has 0 aromatic heterocycles. The van der Waals surface area contributed by atoms with Gasteiger partial charge in [-0.3, -0.25) is 4.79 Å². The molecule has 0 spiro atoms. The third-order valence-corrected chi connectivity index (χ3v) is 4.14. The minimum absolute atomic E-state index is 0.133. The van der Waals surface area contributed by atoms with Crippen LogP contribution >= 0.6 is 11.6 Å². The molecular weight excluding hydrogens is 278 g/mol. The number of carbonyl (C=O) groups excluding carboxylic acids is 1. The zero-order valence-electron chi connectivity index (χ0n) is 11.9. The van der Waals surface area contributed by atoms with Crippen LogP contribution in [0.25, 0.3) is 0 Å². The van der Waals surface area contributed by atoms with E-state index in [-0.39, 0.29) is 5.91 Å². The summed E-state index contributed by atoms with van der Waals surface area (Å²) in [5, 5.41) is 0.684. The van der Waals surface area contributed by atoms with E-state index in [4.69, 9.17) is 21.1 Å². The third-order valence-electron chi connectivity index (χ3n) is 3.89. The molecule has 1 aliphatic heterocycles. The van der Waals surface area contributed by atoms with Crippen molar-refractivity contribution in [1.82, 2.24) is 4.90 Å². The maximum atomic E-state index is 12.3. The van der Waals surface area contributed by atoms with Gasteiger partial charge in [0, 0.05) is 45.2 Å². The van der Waals surface area contributed by atoms with E-state index < -0.39 is 5.79 Å². The number of halogens is 1. The van der Waals surface area contributed by atoms with Crippen molar-refractivity contribution in [3.63, 3.8) is 0 Å². The maximum absolute atomic E-state index is 12.3. The van der Waals surface area contributed by atoms with Gasteiger partial charge < -0.3 is 14.4 Å². The summed E-state index contributed by atoms with van der Waals surface area (Å²) in [6.07, 6.45) is 1.81. The highest BCUT2D eigenvalue weighted by Gasteiger charge is 2.35. The molecular formula is C15H20ClNO3. The van der Waals surface area contributed by atoms with Crippen LogP contribution in [0.4, 0.5) is 0 Å². The summed E-state index contributed by atoms with van der Waals surface area (Å²) in [6.45, 7) is 1.32. The molecule has 1 fully saturated rings. The van der Waals surface area contributed by atoms with E-state index >= 15 is 0 Å². The van der Waals surface area contributed by atoms with Crippen LogP contribution in [0.3, 0.4) is 0 Å². The predicted molar refractivity (Wildman–Crippen MR) is 77.7 cm³/mol. The zero-order valence-corrected chi connectivity index (χ0v) is 12.7. The molecule has 110 valence electrons. The second kappa shape index (κ2) is 6.57. The van der Waals surface area contributed by atoms with Gasteiger partial charge in [-0.25, -0.2) is 0 Å². The van der Waals surface area contributed by atoms with Gasteiger partial charge >= 0.3 is 0 Å². The lowest BCUT2D eigenvalue weighted by molar-refractivity contribution is -0.228. The normalized spacial score (nSPS) is 18.1. The Labute approximate surface area is 124 Å². The van der Waals surface area contributed by atoms with Crippen molar-refractivity contribution in [2.24, 2.45) is 0 Å². The van der Waals surface area contributed by atoms with Crippen LogP contribution in [0, 0.1) is 0 Å². The number of likely N-dealkylation sites (tertiary alicyclic amines) is 1. The van der Waals surface area contributed by atoms with Crippen LogP contribution in [0.1, 0.15) is 18.4 Å². The number of piperidine rings is 1. The van der Waals surface area contributed by atoms with Gasteiger partial charge in [0.25, 0.3) is 0 Å². The fourth-order valence-corrected chi connectivity index (χ4v) is 2.60. The predicted octanol–water partition coefficient (Wildman–Crippen LogP) is 2.49. The Hall–Kier alpha value is -1.10. The Bertz CT molecular complexity index is 447. The monoisotopic (exact) mass is 297 g/mol. The lowest BCUT2D eigenvalue weighted by Crippen LogP contribution is -2.49. The van der Waals surface area contributed by atoms with Crippen molar-refractivity contribution in [3.05, 3.63) is 34.9 Å². The van der Waals surface area contributed by atoms with Crippen LogP contribution in [-0.2, 0) is 20.7 Å². The van der Waals surface area contributed by atoms with Gasteiger partial charge in [-0.05, 0) is 17.7 Å². The van der Waals surface area contributed by atoms with Crippen LogP contribution in [0.2, 0.25) is 5.02 Å². The molecule has 0 radical (unpaired) electrons. The zero-order chi connectivity index (χ0) is 14.6. The average molecular weight is 298 g/mol. The molecule has 1 aromatic carbocycles. The van der Waals surface area contributed by atoms with Crippen LogP contribution in [0.5, 0.6) is 0 Å². The van der Waals surface area contributed by atoms with Crippen molar-refractivity contribution < 1.29 is 14.3 Å². The van der Waals surface area contributed by atoms with Gasteiger partial charge in [-0.1, -0.05) is 23.7 Å². The van der Waals surface area contributed by atoms with Crippen LogP contribution < -0.4 is 0 Å². The number of methoxy groups -OCH3 is 2. The first-order valence-corrected chi connectivity index (χ1v) is 7.09. The Kier molecular flexibility index (Phi) is 5.02. The first-order valence-electron chi connectivity index (χ1n) is 6.71. The van der Waals surface area contributed by atoms with Gasteiger partial charge in [0.15, 0.2) is 5.79 Å². The minimum Gasteiger partial charge on any atom is -0.353 e. The smallest absolute Gasteiger partial charge is 0.226 e. The molecule has 0 aliphatic carbocycles. The Morgan fingerprint density at radius 1 is 1.20 bits per heavy atom. The molecule has 4 nitrogen and oxygen atoms in total. The van der Waals surface area contributed by atoms with E-state index in [1.165, 1.54) is 0 Å². The highest BCUT2D eigenvalue weighted by molar-refractivity contribution is 6.30. The SMILES string of the molecule is COC1(OC)CCN(C(=O)Cc2ccc(Cl)cc2)CC1. The molecule has 0 N–H and O–H groups in total. The van der Waals surface area contributed by atoms with E-state index in [1.54, 1.807) is 26.4 Å². The summed E-state index contributed by atoms with van der Waals surface area (Å²) in [5.41, 5.74) is 0.981. The third kappa shape index (κ3) is 3.51. The second-order valence-electron chi connectivity index (χ2n) is 5.00. The molecule has 1 heterocycles. The standard InChI is InChI=1S/C15H20ClNO3/c1-19-15(20-2)7-9-17(10-8-15)14(18)11-12-3-5-13(16)6-4-12/h3-6H,7-11H2,1-2H3. The second-order valence-corrected chi connectivity index (χ2v) is 5.44. The van der Waals surface area contributed by atoms with Gasteiger partial charge in [0.1, 0.15) is 0 Å². The molecule has 1 saturated heterocycles. The molecule has 0 atom stereocenters. The van der Waals surface area contributed by atoms with E-state index in [0.717, 1.165) is 5.56 Å². The number of hydrogen-bond donors (Lipinski definition) is 0. The van der Waals surface area contributed by atoms with Crippen molar-refractivity contribution >= 4 is 17.5 Å². The molecule has 1 amide bonds. The Balaban J connectivity index is 1.90. The maximum Gasteiger partial charge on any atom is 0.226 e. The quantitative estimate of drug-likeness (QED) is 0.802. The van der Waals surface area contributed by atoms with Crippen molar-refractivity contribution in [1.29, 1.82) is 0 Å². The number of carbonyl (C=O) groups is 1. The summed E-state index contributed by atoms with van der Waals surface area (Å²) >= 11 is 5.84. The molecule has 2 rings (SSSR count). The molecule has 20 heavy (non-hydrogen) atoms. The van der Waals surface area contributed by atoms with E-state index in [0.29, 0.717) is 37.4 Å². The highest BCUT2D eigenvalue weighted by Crippen LogP contribution is 2.26. The summed E-state index contributed by atoms with van der Waals surface area (Å²) < 4.78 is 10.8. The van der Waals surface area contributed by atoms with Gasteiger partial charge in [0.05, 0.1) is 6.42 Å². The van der Waals surface area contributed by atoms with Gasteiger partial charge in [-0.15, -0.1) is 0 Å². The fourth-order valence-electron chi connectivity index (χ4n) is 2.48. The average Bonchev–Trinajstić information content (AvgIpc) is 2.49. The lowest BCUT2D eigenvalue weighted by atomic mass is 10.0.